The van der Waals surface area contributed by atoms with Crippen molar-refractivity contribution in [2.24, 2.45) is 0 Å². The van der Waals surface area contributed by atoms with E-state index in [0.29, 0.717) is 16.5 Å². The lowest BCUT2D eigenvalue weighted by Gasteiger charge is -2.04. The molecule has 0 radical (unpaired) electrons. The van der Waals surface area contributed by atoms with Gasteiger partial charge < -0.3 is 9.84 Å². The number of rotatable bonds is 4. The summed E-state index contributed by atoms with van der Waals surface area (Å²) in [6, 6.07) is 12.4. The lowest BCUT2D eigenvalue weighted by molar-refractivity contribution is 0.0950. The number of carbonyl (C=O) groups excluding carboxylic acids is 1. The predicted molar refractivity (Wildman–Crippen MR) is 89.5 cm³/mol. The van der Waals surface area contributed by atoms with Gasteiger partial charge in [0.05, 0.1) is 17.1 Å². The van der Waals surface area contributed by atoms with Crippen LogP contribution in [0, 0.1) is 5.82 Å². The quantitative estimate of drug-likeness (QED) is 0.728. The largest absolute Gasteiger partial charge is 0.356 e. The molecule has 4 nitrogen and oxygen atoms in total. The number of nitrogens with zero attached hydrogens (tertiary/aromatic N) is 1. The van der Waals surface area contributed by atoms with Crippen LogP contribution in [0.2, 0.25) is 10.0 Å². The average Bonchev–Trinajstić information content (AvgIpc) is 3.02. The van der Waals surface area contributed by atoms with Crippen LogP contribution in [-0.2, 0) is 6.54 Å². The molecule has 0 spiro atoms. The minimum atomic E-state index is -0.499. The Morgan fingerprint density at radius 3 is 2.58 bits per heavy atom. The molecule has 0 fully saturated rings. The Morgan fingerprint density at radius 2 is 1.88 bits per heavy atom. The summed E-state index contributed by atoms with van der Waals surface area (Å²) in [5, 5.41) is 7.24. The highest BCUT2D eigenvalue weighted by Crippen LogP contribution is 2.22. The van der Waals surface area contributed by atoms with E-state index in [1.165, 1.54) is 12.1 Å². The lowest BCUT2D eigenvalue weighted by Crippen LogP contribution is -2.23. The fraction of sp³-hybridized carbons (Fsp3) is 0.0588. The minimum absolute atomic E-state index is 0.0505. The Bertz CT molecular complexity index is 879. The molecule has 2 aromatic carbocycles. The first-order valence-electron chi connectivity index (χ1n) is 6.98. The molecule has 0 saturated carbocycles. The van der Waals surface area contributed by atoms with E-state index in [0.717, 1.165) is 11.6 Å². The summed E-state index contributed by atoms with van der Waals surface area (Å²) < 4.78 is 18.3. The van der Waals surface area contributed by atoms with Crippen LogP contribution in [0.1, 0.15) is 16.1 Å². The molecule has 1 aromatic heterocycles. The molecule has 0 unspecified atom stereocenters. The van der Waals surface area contributed by atoms with Crippen LogP contribution in [0.4, 0.5) is 4.39 Å². The summed E-state index contributed by atoms with van der Waals surface area (Å²) in [7, 11) is 0. The van der Waals surface area contributed by atoms with E-state index in [9.17, 15) is 9.18 Å². The Balaban J connectivity index is 1.67. The fourth-order valence-electron chi connectivity index (χ4n) is 2.09. The average molecular weight is 365 g/mol. The molecule has 1 heterocycles. The van der Waals surface area contributed by atoms with E-state index in [1.54, 1.807) is 18.2 Å². The number of aromatic nitrogens is 1. The van der Waals surface area contributed by atoms with Gasteiger partial charge in [-0.2, -0.15) is 0 Å². The fourth-order valence-corrected chi connectivity index (χ4v) is 2.46. The Hall–Kier alpha value is -2.37. The highest BCUT2D eigenvalue weighted by Gasteiger charge is 2.12. The second-order valence-electron chi connectivity index (χ2n) is 5.00. The highest BCUT2D eigenvalue weighted by atomic mass is 35.5. The SMILES string of the molecule is O=C(NCc1cc(-c2ccc(Cl)cc2)on1)c1ccc(F)cc1Cl. The van der Waals surface area contributed by atoms with Crippen LogP contribution in [0.25, 0.3) is 11.3 Å². The van der Waals surface area contributed by atoms with Gasteiger partial charge in [0.2, 0.25) is 0 Å². The number of benzene rings is 2. The van der Waals surface area contributed by atoms with E-state index < -0.39 is 11.7 Å². The molecule has 0 aliphatic carbocycles. The summed E-state index contributed by atoms with van der Waals surface area (Å²) in [4.78, 5) is 12.1. The number of carbonyl (C=O) groups is 1. The van der Waals surface area contributed by atoms with Gasteiger partial charge in [-0.3, -0.25) is 4.79 Å². The van der Waals surface area contributed by atoms with Crippen molar-refractivity contribution in [1.29, 1.82) is 0 Å². The van der Waals surface area contributed by atoms with Crippen LogP contribution in [0.5, 0.6) is 0 Å². The number of hydrogen-bond donors (Lipinski definition) is 1. The van der Waals surface area contributed by atoms with Crippen LogP contribution in [0.3, 0.4) is 0 Å². The second-order valence-corrected chi connectivity index (χ2v) is 5.84. The Labute approximate surface area is 147 Å². The molecule has 0 atom stereocenters. The molecule has 0 saturated heterocycles. The van der Waals surface area contributed by atoms with Crippen molar-refractivity contribution in [3.8, 4) is 11.3 Å². The Morgan fingerprint density at radius 1 is 1.12 bits per heavy atom. The molecule has 1 amide bonds. The van der Waals surface area contributed by atoms with Gasteiger partial charge in [-0.15, -0.1) is 0 Å². The van der Waals surface area contributed by atoms with Crippen LogP contribution < -0.4 is 5.32 Å². The van der Waals surface area contributed by atoms with E-state index in [2.05, 4.69) is 10.5 Å². The van der Waals surface area contributed by atoms with E-state index in [-0.39, 0.29) is 17.1 Å². The van der Waals surface area contributed by atoms with Crippen molar-refractivity contribution in [2.75, 3.05) is 0 Å². The number of nitrogens with one attached hydrogen (secondary N) is 1. The first-order valence-corrected chi connectivity index (χ1v) is 7.73. The smallest absolute Gasteiger partial charge is 0.253 e. The second kappa shape index (κ2) is 7.03. The normalized spacial score (nSPS) is 10.6. The first kappa shape index (κ1) is 16.5. The van der Waals surface area contributed by atoms with Gasteiger partial charge in [-0.1, -0.05) is 28.4 Å². The summed E-state index contributed by atoms with van der Waals surface area (Å²) in [6.45, 7) is 0.156. The number of amides is 1. The summed E-state index contributed by atoms with van der Waals surface area (Å²) in [5.41, 5.74) is 1.57. The van der Waals surface area contributed by atoms with Gasteiger partial charge in [0.1, 0.15) is 11.5 Å². The van der Waals surface area contributed by atoms with E-state index in [4.69, 9.17) is 27.7 Å². The van der Waals surface area contributed by atoms with Gasteiger partial charge >= 0.3 is 0 Å². The van der Waals surface area contributed by atoms with Gasteiger partial charge in [0, 0.05) is 16.7 Å². The molecule has 3 rings (SSSR count). The standard InChI is InChI=1S/C17H11Cl2FN2O2/c18-11-3-1-10(2-4-11)16-8-13(22-24-16)9-21-17(23)14-6-5-12(20)7-15(14)19/h1-8H,9H2,(H,21,23). The lowest BCUT2D eigenvalue weighted by atomic mass is 10.1. The molecular weight excluding hydrogens is 354 g/mol. The Kier molecular flexibility index (Phi) is 4.83. The maximum atomic E-state index is 13.0. The van der Waals surface area contributed by atoms with Crippen molar-refractivity contribution in [2.45, 2.75) is 6.54 Å². The molecule has 24 heavy (non-hydrogen) atoms. The highest BCUT2D eigenvalue weighted by molar-refractivity contribution is 6.33. The van der Waals surface area contributed by atoms with Gasteiger partial charge in [-0.25, -0.2) is 4.39 Å². The van der Waals surface area contributed by atoms with Gasteiger partial charge in [-0.05, 0) is 42.5 Å². The van der Waals surface area contributed by atoms with Crippen molar-refractivity contribution >= 4 is 29.1 Å². The summed E-state index contributed by atoms with van der Waals surface area (Å²) >= 11 is 11.7. The third kappa shape index (κ3) is 3.75. The van der Waals surface area contributed by atoms with E-state index in [1.807, 2.05) is 12.1 Å². The third-order valence-corrected chi connectivity index (χ3v) is 3.86. The molecule has 122 valence electrons. The van der Waals surface area contributed by atoms with Crippen molar-refractivity contribution in [3.63, 3.8) is 0 Å². The molecule has 1 N–H and O–H groups in total. The zero-order valence-corrected chi connectivity index (χ0v) is 13.7. The molecule has 0 aliphatic rings. The van der Waals surface area contributed by atoms with Crippen molar-refractivity contribution in [1.82, 2.24) is 10.5 Å². The maximum Gasteiger partial charge on any atom is 0.253 e. The predicted octanol–water partition coefficient (Wildman–Crippen LogP) is 4.72. The van der Waals surface area contributed by atoms with Gasteiger partial charge in [0.25, 0.3) is 5.91 Å². The van der Waals surface area contributed by atoms with Crippen molar-refractivity contribution in [3.05, 3.63) is 75.7 Å². The number of hydrogen-bond acceptors (Lipinski definition) is 3. The van der Waals surface area contributed by atoms with E-state index >= 15 is 0 Å². The molecular formula is C17H11Cl2FN2O2. The number of halogens is 3. The zero-order chi connectivity index (χ0) is 17.1. The first-order chi connectivity index (χ1) is 11.5. The van der Waals surface area contributed by atoms with Gasteiger partial charge in [0.15, 0.2) is 5.76 Å². The summed E-state index contributed by atoms with van der Waals surface area (Å²) in [5.74, 6) is -0.354. The van der Waals surface area contributed by atoms with Crippen LogP contribution >= 0.6 is 23.2 Å². The van der Waals surface area contributed by atoms with Crippen LogP contribution in [0.15, 0.2) is 53.1 Å². The van der Waals surface area contributed by atoms with Crippen LogP contribution in [-0.4, -0.2) is 11.1 Å². The molecule has 0 bridgehead atoms. The maximum absolute atomic E-state index is 13.0. The molecule has 7 heteroatoms. The topological polar surface area (TPSA) is 55.1 Å². The monoisotopic (exact) mass is 364 g/mol. The molecule has 3 aromatic rings. The molecule has 0 aliphatic heterocycles. The summed E-state index contributed by atoms with van der Waals surface area (Å²) in [6.07, 6.45) is 0. The zero-order valence-electron chi connectivity index (χ0n) is 12.2. The van der Waals surface area contributed by atoms with Crippen molar-refractivity contribution < 1.29 is 13.7 Å². The minimum Gasteiger partial charge on any atom is -0.356 e. The third-order valence-electron chi connectivity index (χ3n) is 3.29.